The van der Waals surface area contributed by atoms with Crippen molar-refractivity contribution < 1.29 is 4.74 Å². The highest BCUT2D eigenvalue weighted by atomic mass is 16.5. The minimum Gasteiger partial charge on any atom is -0.383 e. The highest BCUT2D eigenvalue weighted by molar-refractivity contribution is 5.35. The summed E-state index contributed by atoms with van der Waals surface area (Å²) < 4.78 is 7.40. The van der Waals surface area contributed by atoms with Gasteiger partial charge in [0, 0.05) is 45.5 Å². The van der Waals surface area contributed by atoms with Gasteiger partial charge in [-0.2, -0.15) is 0 Å². The average molecular weight is 252 g/mol. The number of hydrogen-bond donors (Lipinski definition) is 1. The Balaban J connectivity index is 2.15. The molecule has 1 aromatic heterocycles. The lowest BCUT2D eigenvalue weighted by molar-refractivity contribution is 0.187. The smallest absolute Gasteiger partial charge is 0.205 e. The van der Waals surface area contributed by atoms with Crippen LogP contribution >= 0.6 is 0 Å². The van der Waals surface area contributed by atoms with Crippen LogP contribution in [-0.2, 0) is 17.7 Å². The maximum atomic E-state index is 5.17. The van der Waals surface area contributed by atoms with Gasteiger partial charge in [0.15, 0.2) is 0 Å². The largest absolute Gasteiger partial charge is 0.383 e. The minimum absolute atomic E-state index is 0.524. The van der Waals surface area contributed by atoms with Crippen LogP contribution in [0.15, 0.2) is 6.20 Å². The lowest BCUT2D eigenvalue weighted by Gasteiger charge is -2.32. The standard InChI is InChI=1S/C13H24N4O/c1-4-12-10-17(7-8-18-3)13(15-12)16-6-5-14-11(2)9-16/h10-11,14H,4-9H2,1-3H3/t11-/m0/s1. The van der Waals surface area contributed by atoms with Crippen molar-refractivity contribution in [2.24, 2.45) is 0 Å². The Morgan fingerprint density at radius 2 is 2.39 bits per heavy atom. The van der Waals surface area contributed by atoms with Crippen molar-refractivity contribution in [1.82, 2.24) is 14.9 Å². The van der Waals surface area contributed by atoms with Crippen LogP contribution in [0.3, 0.4) is 0 Å². The molecule has 1 atom stereocenters. The van der Waals surface area contributed by atoms with E-state index in [-0.39, 0.29) is 0 Å². The maximum absolute atomic E-state index is 5.17. The zero-order chi connectivity index (χ0) is 13.0. The molecule has 1 fully saturated rings. The molecule has 1 aliphatic heterocycles. The third-order valence-corrected chi connectivity index (χ3v) is 3.36. The van der Waals surface area contributed by atoms with Gasteiger partial charge in [0.05, 0.1) is 12.3 Å². The number of imidazole rings is 1. The van der Waals surface area contributed by atoms with E-state index in [1.807, 2.05) is 0 Å². The number of anilines is 1. The Morgan fingerprint density at radius 1 is 1.56 bits per heavy atom. The third kappa shape index (κ3) is 3.03. The number of ether oxygens (including phenoxy) is 1. The fourth-order valence-electron chi connectivity index (χ4n) is 2.35. The molecule has 1 saturated heterocycles. The van der Waals surface area contributed by atoms with Gasteiger partial charge in [-0.25, -0.2) is 4.98 Å². The third-order valence-electron chi connectivity index (χ3n) is 3.36. The fourth-order valence-corrected chi connectivity index (χ4v) is 2.35. The monoisotopic (exact) mass is 252 g/mol. The number of piperazine rings is 1. The zero-order valence-corrected chi connectivity index (χ0v) is 11.6. The summed E-state index contributed by atoms with van der Waals surface area (Å²) in [7, 11) is 1.74. The van der Waals surface area contributed by atoms with Crippen LogP contribution in [0.4, 0.5) is 5.95 Å². The van der Waals surface area contributed by atoms with Crippen LogP contribution < -0.4 is 10.2 Å². The summed E-state index contributed by atoms with van der Waals surface area (Å²) in [5, 5.41) is 3.46. The molecule has 5 heteroatoms. The molecule has 0 unspecified atom stereocenters. The van der Waals surface area contributed by atoms with Crippen LogP contribution in [0.5, 0.6) is 0 Å². The van der Waals surface area contributed by atoms with E-state index in [9.17, 15) is 0 Å². The Hall–Kier alpha value is -1.07. The topological polar surface area (TPSA) is 42.3 Å². The first-order valence-corrected chi connectivity index (χ1v) is 6.78. The van der Waals surface area contributed by atoms with Gasteiger partial charge in [-0.1, -0.05) is 6.92 Å². The molecule has 1 aromatic rings. The molecule has 0 amide bonds. The van der Waals surface area contributed by atoms with Crippen molar-refractivity contribution in [1.29, 1.82) is 0 Å². The Labute approximate surface area is 109 Å². The van der Waals surface area contributed by atoms with Crippen LogP contribution in [0, 0.1) is 0 Å². The Morgan fingerprint density at radius 3 is 3.06 bits per heavy atom. The summed E-state index contributed by atoms with van der Waals surface area (Å²) in [5.41, 5.74) is 1.16. The van der Waals surface area contributed by atoms with Crippen molar-refractivity contribution in [2.75, 3.05) is 38.3 Å². The number of nitrogens with zero attached hydrogens (tertiary/aromatic N) is 3. The first-order chi connectivity index (χ1) is 8.74. The van der Waals surface area contributed by atoms with Crippen molar-refractivity contribution in [3.05, 3.63) is 11.9 Å². The van der Waals surface area contributed by atoms with E-state index in [1.54, 1.807) is 7.11 Å². The predicted octanol–water partition coefficient (Wildman–Crippen LogP) is 0.890. The average Bonchev–Trinajstić information content (AvgIpc) is 2.79. The van der Waals surface area contributed by atoms with Gasteiger partial charge in [0.2, 0.25) is 5.95 Å². The zero-order valence-electron chi connectivity index (χ0n) is 11.6. The normalized spacial score (nSPS) is 20.4. The second-order valence-corrected chi connectivity index (χ2v) is 4.87. The Bertz CT molecular complexity index is 377. The lowest BCUT2D eigenvalue weighted by Crippen LogP contribution is -2.50. The number of nitrogens with one attached hydrogen (secondary N) is 1. The van der Waals surface area contributed by atoms with Crippen molar-refractivity contribution in [3.63, 3.8) is 0 Å². The van der Waals surface area contributed by atoms with E-state index in [0.717, 1.165) is 50.8 Å². The summed E-state index contributed by atoms with van der Waals surface area (Å²) in [6.45, 7) is 9.04. The van der Waals surface area contributed by atoms with Crippen LogP contribution in [-0.4, -0.2) is 48.9 Å². The molecule has 0 radical (unpaired) electrons. The Kier molecular flexibility index (Phi) is 4.60. The van der Waals surface area contributed by atoms with E-state index in [2.05, 4.69) is 34.8 Å². The first kappa shape index (κ1) is 13.4. The number of methoxy groups -OCH3 is 1. The quantitative estimate of drug-likeness (QED) is 0.845. The van der Waals surface area contributed by atoms with Gasteiger partial charge in [0.25, 0.3) is 0 Å². The first-order valence-electron chi connectivity index (χ1n) is 6.78. The van der Waals surface area contributed by atoms with E-state index in [0.29, 0.717) is 6.04 Å². The molecule has 102 valence electrons. The molecule has 0 bridgehead atoms. The lowest BCUT2D eigenvalue weighted by atomic mass is 10.2. The highest BCUT2D eigenvalue weighted by Gasteiger charge is 2.20. The second kappa shape index (κ2) is 6.20. The predicted molar refractivity (Wildman–Crippen MR) is 73.2 cm³/mol. The molecule has 0 saturated carbocycles. The van der Waals surface area contributed by atoms with Gasteiger partial charge < -0.3 is 19.5 Å². The molecule has 5 nitrogen and oxygen atoms in total. The second-order valence-electron chi connectivity index (χ2n) is 4.87. The van der Waals surface area contributed by atoms with E-state index >= 15 is 0 Å². The fraction of sp³-hybridized carbons (Fsp3) is 0.769. The number of aryl methyl sites for hydroxylation is 1. The molecule has 18 heavy (non-hydrogen) atoms. The molecule has 1 N–H and O–H groups in total. The summed E-state index contributed by atoms with van der Waals surface area (Å²) >= 11 is 0. The summed E-state index contributed by atoms with van der Waals surface area (Å²) in [6.07, 6.45) is 3.13. The van der Waals surface area contributed by atoms with E-state index in [1.165, 1.54) is 0 Å². The van der Waals surface area contributed by atoms with Crippen LogP contribution in [0.1, 0.15) is 19.5 Å². The number of rotatable bonds is 5. The van der Waals surface area contributed by atoms with E-state index in [4.69, 9.17) is 9.72 Å². The molecule has 2 rings (SSSR count). The molecule has 1 aliphatic rings. The summed E-state index contributed by atoms with van der Waals surface area (Å²) in [5.74, 6) is 1.09. The van der Waals surface area contributed by atoms with Crippen molar-refractivity contribution in [3.8, 4) is 0 Å². The molecule has 0 spiro atoms. The van der Waals surface area contributed by atoms with Crippen molar-refractivity contribution >= 4 is 5.95 Å². The van der Waals surface area contributed by atoms with Gasteiger partial charge in [-0.05, 0) is 13.3 Å². The molecular weight excluding hydrogens is 228 g/mol. The van der Waals surface area contributed by atoms with Crippen molar-refractivity contribution in [2.45, 2.75) is 32.9 Å². The SMILES string of the molecule is CCc1cn(CCOC)c(N2CCN[C@@H](C)C2)n1. The van der Waals surface area contributed by atoms with Gasteiger partial charge in [0.1, 0.15) is 0 Å². The highest BCUT2D eigenvalue weighted by Crippen LogP contribution is 2.16. The molecule has 0 aromatic carbocycles. The van der Waals surface area contributed by atoms with Gasteiger partial charge in [-0.3, -0.25) is 0 Å². The van der Waals surface area contributed by atoms with Gasteiger partial charge in [-0.15, -0.1) is 0 Å². The summed E-state index contributed by atoms with van der Waals surface area (Å²) in [6, 6.07) is 0.524. The molecular formula is C13H24N4O. The van der Waals surface area contributed by atoms with Crippen LogP contribution in [0.2, 0.25) is 0 Å². The molecule has 2 heterocycles. The number of hydrogen-bond acceptors (Lipinski definition) is 4. The van der Waals surface area contributed by atoms with Gasteiger partial charge >= 0.3 is 0 Å². The van der Waals surface area contributed by atoms with E-state index < -0.39 is 0 Å². The minimum atomic E-state index is 0.524. The summed E-state index contributed by atoms with van der Waals surface area (Å²) in [4.78, 5) is 7.12. The number of aromatic nitrogens is 2. The maximum Gasteiger partial charge on any atom is 0.205 e. The molecule has 0 aliphatic carbocycles. The van der Waals surface area contributed by atoms with Crippen LogP contribution in [0.25, 0.3) is 0 Å².